The van der Waals surface area contributed by atoms with Gasteiger partial charge in [0.05, 0.1) is 22.7 Å². The normalized spacial score (nSPS) is 21.9. The van der Waals surface area contributed by atoms with Crippen molar-refractivity contribution in [1.29, 1.82) is 5.26 Å². The van der Waals surface area contributed by atoms with Crippen molar-refractivity contribution in [2.24, 2.45) is 5.92 Å². The van der Waals surface area contributed by atoms with E-state index < -0.39 is 26.7 Å². The number of para-hydroxylation sites is 1. The molecule has 0 aliphatic heterocycles. The number of sulfonamides is 1. The monoisotopic (exact) mass is 309 g/mol. The maximum absolute atomic E-state index is 12.1. The van der Waals surface area contributed by atoms with E-state index in [4.69, 9.17) is 5.26 Å². The third-order valence-corrected chi connectivity index (χ3v) is 4.90. The smallest absolute Gasteiger partial charge is 0.258 e. The summed E-state index contributed by atoms with van der Waals surface area (Å²) in [7, 11) is -3.72. The predicted octanol–water partition coefficient (Wildman–Crippen LogP) is 1.71. The summed E-state index contributed by atoms with van der Waals surface area (Å²) in [4.78, 5) is 10.3. The minimum absolute atomic E-state index is 0.140. The van der Waals surface area contributed by atoms with E-state index in [0.717, 1.165) is 6.42 Å². The van der Waals surface area contributed by atoms with Crippen molar-refractivity contribution in [3.8, 4) is 6.07 Å². The van der Waals surface area contributed by atoms with Gasteiger partial charge in [0.15, 0.2) is 0 Å². The molecule has 2 atom stereocenters. The topological polar surface area (TPSA) is 113 Å². The van der Waals surface area contributed by atoms with Gasteiger partial charge in [0.1, 0.15) is 0 Å². The van der Waals surface area contributed by atoms with E-state index in [1.54, 1.807) is 6.07 Å². The zero-order chi connectivity index (χ0) is 15.5. The first-order valence-electron chi connectivity index (χ1n) is 6.55. The van der Waals surface area contributed by atoms with Crippen LogP contribution in [0, 0.1) is 27.4 Å². The van der Waals surface area contributed by atoms with Crippen LogP contribution in [0.15, 0.2) is 24.3 Å². The summed E-state index contributed by atoms with van der Waals surface area (Å²) in [6.07, 6.45) is 2.10. The lowest BCUT2D eigenvalue weighted by molar-refractivity contribution is -0.385. The lowest BCUT2D eigenvalue weighted by Gasteiger charge is -2.15. The molecule has 8 heteroatoms. The zero-order valence-electron chi connectivity index (χ0n) is 11.2. The number of benzene rings is 1. The summed E-state index contributed by atoms with van der Waals surface area (Å²) >= 11 is 0. The highest BCUT2D eigenvalue weighted by Gasteiger charge is 2.31. The second-order valence-corrected chi connectivity index (χ2v) is 6.79. The molecule has 1 aliphatic carbocycles. The maximum atomic E-state index is 12.1. The van der Waals surface area contributed by atoms with Crippen LogP contribution in [0.1, 0.15) is 24.8 Å². The summed E-state index contributed by atoms with van der Waals surface area (Å²) < 4.78 is 26.8. The van der Waals surface area contributed by atoms with E-state index >= 15 is 0 Å². The lowest BCUT2D eigenvalue weighted by Crippen LogP contribution is -2.37. The molecule has 0 aromatic heterocycles. The van der Waals surface area contributed by atoms with Gasteiger partial charge in [-0.25, -0.2) is 13.1 Å². The maximum Gasteiger partial charge on any atom is 0.273 e. The van der Waals surface area contributed by atoms with Gasteiger partial charge in [0.2, 0.25) is 10.0 Å². The number of nitro benzene ring substituents is 1. The molecular formula is C13H15N3O4S. The Hall–Kier alpha value is -1.98. The molecule has 0 amide bonds. The van der Waals surface area contributed by atoms with Crippen LogP contribution in [0.4, 0.5) is 5.69 Å². The molecule has 21 heavy (non-hydrogen) atoms. The zero-order valence-corrected chi connectivity index (χ0v) is 12.0. The third kappa shape index (κ3) is 3.77. The Morgan fingerprint density at radius 1 is 1.38 bits per heavy atom. The van der Waals surface area contributed by atoms with E-state index in [0.29, 0.717) is 12.8 Å². The highest BCUT2D eigenvalue weighted by atomic mass is 32.2. The van der Waals surface area contributed by atoms with E-state index in [1.165, 1.54) is 18.2 Å². The molecule has 1 aliphatic rings. The van der Waals surface area contributed by atoms with Gasteiger partial charge in [-0.3, -0.25) is 10.1 Å². The Morgan fingerprint density at radius 3 is 2.76 bits per heavy atom. The first kappa shape index (κ1) is 15.4. The number of rotatable bonds is 5. The number of hydrogen-bond acceptors (Lipinski definition) is 5. The fourth-order valence-corrected chi connectivity index (χ4v) is 4.02. The van der Waals surface area contributed by atoms with E-state index in [-0.39, 0.29) is 17.2 Å². The van der Waals surface area contributed by atoms with Gasteiger partial charge in [-0.1, -0.05) is 24.6 Å². The van der Waals surface area contributed by atoms with Crippen LogP contribution < -0.4 is 4.72 Å². The fraction of sp³-hybridized carbons (Fsp3) is 0.462. The van der Waals surface area contributed by atoms with Crippen molar-refractivity contribution >= 4 is 15.7 Å². The van der Waals surface area contributed by atoms with Crippen LogP contribution >= 0.6 is 0 Å². The van der Waals surface area contributed by atoms with Crippen LogP contribution in [0.25, 0.3) is 0 Å². The highest BCUT2D eigenvalue weighted by molar-refractivity contribution is 7.88. The molecule has 7 nitrogen and oxygen atoms in total. The lowest BCUT2D eigenvalue weighted by atomic mass is 10.1. The summed E-state index contributed by atoms with van der Waals surface area (Å²) in [5.41, 5.74) is -0.0763. The summed E-state index contributed by atoms with van der Waals surface area (Å²) in [5, 5.41) is 19.9. The van der Waals surface area contributed by atoms with Gasteiger partial charge in [-0.2, -0.15) is 5.26 Å². The molecule has 1 saturated carbocycles. The molecule has 0 saturated heterocycles. The number of nitriles is 1. The molecule has 1 aromatic carbocycles. The predicted molar refractivity (Wildman–Crippen MR) is 75.6 cm³/mol. The molecular weight excluding hydrogens is 294 g/mol. The molecule has 0 radical (unpaired) electrons. The number of nitrogens with one attached hydrogen (secondary N) is 1. The molecule has 2 unspecified atom stereocenters. The standard InChI is InChI=1S/C13H15N3O4S/c14-8-10-5-3-6-12(10)15-21(19,20)9-11-4-1-2-7-13(11)16(17)18/h1-2,4,7,10,12,15H,3,5-6,9H2. The van der Waals surface area contributed by atoms with Crippen molar-refractivity contribution in [3.05, 3.63) is 39.9 Å². The highest BCUT2D eigenvalue weighted by Crippen LogP contribution is 2.26. The molecule has 1 N–H and O–H groups in total. The van der Waals surface area contributed by atoms with Crippen molar-refractivity contribution in [3.63, 3.8) is 0 Å². The number of hydrogen-bond donors (Lipinski definition) is 1. The second kappa shape index (κ2) is 6.20. The van der Waals surface area contributed by atoms with Crippen LogP contribution in [-0.2, 0) is 15.8 Å². The van der Waals surface area contributed by atoms with Crippen molar-refractivity contribution in [2.75, 3.05) is 0 Å². The number of nitrogens with zero attached hydrogens (tertiary/aromatic N) is 2. The van der Waals surface area contributed by atoms with Gasteiger partial charge >= 0.3 is 0 Å². The van der Waals surface area contributed by atoms with E-state index in [1.807, 2.05) is 0 Å². The Bertz CT molecular complexity index is 681. The van der Waals surface area contributed by atoms with Gasteiger partial charge < -0.3 is 0 Å². The van der Waals surface area contributed by atoms with Gasteiger partial charge in [-0.15, -0.1) is 0 Å². The Morgan fingerprint density at radius 2 is 2.10 bits per heavy atom. The molecule has 2 rings (SSSR count). The van der Waals surface area contributed by atoms with Gasteiger partial charge in [0, 0.05) is 17.7 Å². The summed E-state index contributed by atoms with van der Waals surface area (Å²) in [6.45, 7) is 0. The first-order chi connectivity index (χ1) is 9.93. The van der Waals surface area contributed by atoms with Gasteiger partial charge in [0.25, 0.3) is 5.69 Å². The van der Waals surface area contributed by atoms with E-state index in [2.05, 4.69) is 10.8 Å². The summed E-state index contributed by atoms with van der Waals surface area (Å²) in [6, 6.07) is 7.45. The molecule has 1 fully saturated rings. The van der Waals surface area contributed by atoms with Crippen LogP contribution in [0.2, 0.25) is 0 Å². The molecule has 0 heterocycles. The minimum Gasteiger partial charge on any atom is -0.258 e. The Balaban J connectivity index is 2.15. The van der Waals surface area contributed by atoms with Crippen LogP contribution in [-0.4, -0.2) is 19.4 Å². The SMILES string of the molecule is N#CC1CCCC1NS(=O)(=O)Cc1ccccc1[N+](=O)[O-]. The Labute approximate surface area is 122 Å². The third-order valence-electron chi connectivity index (χ3n) is 3.55. The summed E-state index contributed by atoms with van der Waals surface area (Å²) in [5.74, 6) is -0.788. The van der Waals surface area contributed by atoms with Crippen molar-refractivity contribution < 1.29 is 13.3 Å². The molecule has 0 bridgehead atoms. The fourth-order valence-electron chi connectivity index (χ4n) is 2.54. The van der Waals surface area contributed by atoms with Crippen molar-refractivity contribution in [2.45, 2.75) is 31.1 Å². The molecule has 112 valence electrons. The average Bonchev–Trinajstić information content (AvgIpc) is 2.84. The van der Waals surface area contributed by atoms with Crippen LogP contribution in [0.3, 0.4) is 0 Å². The Kier molecular flexibility index (Phi) is 4.55. The quantitative estimate of drug-likeness (QED) is 0.657. The minimum atomic E-state index is -3.72. The molecule has 0 spiro atoms. The first-order valence-corrected chi connectivity index (χ1v) is 8.20. The molecule has 1 aromatic rings. The number of nitro groups is 1. The van der Waals surface area contributed by atoms with Crippen molar-refractivity contribution in [1.82, 2.24) is 4.72 Å². The van der Waals surface area contributed by atoms with Gasteiger partial charge in [-0.05, 0) is 12.8 Å². The largest absolute Gasteiger partial charge is 0.273 e. The van der Waals surface area contributed by atoms with Crippen LogP contribution in [0.5, 0.6) is 0 Å². The average molecular weight is 309 g/mol. The van der Waals surface area contributed by atoms with E-state index in [9.17, 15) is 18.5 Å². The second-order valence-electron chi connectivity index (χ2n) is 5.04.